The normalized spacial score (nSPS) is 20.1. The fraction of sp³-hybridized carbons (Fsp3) is 0.514. The minimum absolute atomic E-state index is 0.0510. The van der Waals surface area contributed by atoms with Gasteiger partial charge in [0.2, 0.25) is 33.7 Å². The lowest BCUT2D eigenvalue weighted by Gasteiger charge is -2.41. The number of nitrogens with one attached hydrogen (secondary N) is 2. The van der Waals surface area contributed by atoms with Gasteiger partial charge in [0.25, 0.3) is 0 Å². The molecule has 0 bridgehead atoms. The molecule has 50 heavy (non-hydrogen) atoms. The average molecular weight is 707 g/mol. The molecular formula is C37H50N6O6S. The third-order valence-electron chi connectivity index (χ3n) is 9.76. The molecule has 5 rings (SSSR count). The number of rotatable bonds is 11. The molecule has 270 valence electrons. The first kappa shape index (κ1) is 37.2. The molecular weight excluding hydrogens is 657 g/mol. The summed E-state index contributed by atoms with van der Waals surface area (Å²) < 4.78 is 28.3. The standard InChI is InChI=1S/C37H50N6O6S/c1-7-27-20-28(13-14-31(27)43(36(47)25(2)3)32-15-16-33(44)39-35(32)46)29-21-40(6)41(22-29)23-34(45)38-30-12-10-11-26(19-30)24-50(48,49)42-18-9-8-17-37(42,4)5/h10-14,19-20,22,25,32H,7-9,15-18,21,23-24H2,1-6H3,(H,38,45)(H,39,44,46). The highest BCUT2D eigenvalue weighted by atomic mass is 32.2. The molecule has 1 unspecified atom stereocenters. The summed E-state index contributed by atoms with van der Waals surface area (Å²) in [6.45, 7) is 10.7. The number of imide groups is 1. The van der Waals surface area contributed by atoms with Crippen molar-refractivity contribution in [2.75, 3.05) is 36.9 Å². The first-order valence-corrected chi connectivity index (χ1v) is 19.1. The summed E-state index contributed by atoms with van der Waals surface area (Å²) in [5.74, 6) is -1.70. The zero-order valence-electron chi connectivity index (χ0n) is 30.0. The highest BCUT2D eigenvalue weighted by molar-refractivity contribution is 7.88. The lowest BCUT2D eigenvalue weighted by Crippen LogP contribution is -2.55. The molecule has 4 amide bonds. The number of likely N-dealkylation sites (N-methyl/N-ethyl adjacent to an activating group) is 1. The molecule has 3 aliphatic heterocycles. The zero-order valence-corrected chi connectivity index (χ0v) is 30.8. The van der Waals surface area contributed by atoms with Gasteiger partial charge in [-0.3, -0.25) is 29.4 Å². The van der Waals surface area contributed by atoms with Gasteiger partial charge in [0.1, 0.15) is 12.6 Å². The Hall–Kier alpha value is -4.07. The number of benzene rings is 2. The molecule has 2 fully saturated rings. The molecule has 2 N–H and O–H groups in total. The summed E-state index contributed by atoms with van der Waals surface area (Å²) in [4.78, 5) is 52.9. The van der Waals surface area contributed by atoms with Crippen LogP contribution in [0.25, 0.3) is 5.57 Å². The topological polar surface area (TPSA) is 139 Å². The van der Waals surface area contributed by atoms with Crippen LogP contribution in [0.5, 0.6) is 0 Å². The monoisotopic (exact) mass is 706 g/mol. The van der Waals surface area contributed by atoms with Crippen LogP contribution in [0.4, 0.5) is 11.4 Å². The van der Waals surface area contributed by atoms with Gasteiger partial charge in [0.05, 0.1) is 5.75 Å². The molecule has 3 heterocycles. The summed E-state index contributed by atoms with van der Waals surface area (Å²) in [7, 11) is -1.64. The lowest BCUT2D eigenvalue weighted by atomic mass is 9.93. The van der Waals surface area contributed by atoms with Crippen molar-refractivity contribution in [2.24, 2.45) is 5.92 Å². The van der Waals surface area contributed by atoms with Gasteiger partial charge >= 0.3 is 0 Å². The van der Waals surface area contributed by atoms with E-state index in [-0.39, 0.29) is 48.8 Å². The van der Waals surface area contributed by atoms with Crippen molar-refractivity contribution in [2.45, 2.75) is 90.5 Å². The van der Waals surface area contributed by atoms with Gasteiger partial charge in [-0.15, -0.1) is 0 Å². The largest absolute Gasteiger partial charge is 0.324 e. The van der Waals surface area contributed by atoms with Crippen molar-refractivity contribution in [3.8, 4) is 0 Å². The number of nitrogens with zero attached hydrogens (tertiary/aromatic N) is 4. The van der Waals surface area contributed by atoms with Crippen LogP contribution in [-0.2, 0) is 41.4 Å². The van der Waals surface area contributed by atoms with Crippen molar-refractivity contribution in [1.29, 1.82) is 0 Å². The number of carbonyl (C=O) groups is 4. The third kappa shape index (κ3) is 8.27. The number of hydrogen-bond donors (Lipinski definition) is 2. The van der Waals surface area contributed by atoms with E-state index in [9.17, 15) is 27.6 Å². The Labute approximate surface area is 295 Å². The number of piperidine rings is 2. The summed E-state index contributed by atoms with van der Waals surface area (Å²) in [5, 5.41) is 9.08. The molecule has 0 aromatic heterocycles. The van der Waals surface area contributed by atoms with Gasteiger partial charge in [-0.25, -0.2) is 13.4 Å². The second kappa shape index (κ2) is 15.0. The fourth-order valence-corrected chi connectivity index (χ4v) is 9.08. The molecule has 0 radical (unpaired) electrons. The lowest BCUT2D eigenvalue weighted by molar-refractivity contribution is -0.136. The van der Waals surface area contributed by atoms with E-state index in [2.05, 4.69) is 10.6 Å². The van der Waals surface area contributed by atoms with Crippen molar-refractivity contribution in [3.63, 3.8) is 0 Å². The smallest absolute Gasteiger partial charge is 0.249 e. The van der Waals surface area contributed by atoms with Crippen LogP contribution in [-0.4, -0.2) is 84.6 Å². The third-order valence-corrected chi connectivity index (χ3v) is 11.8. The van der Waals surface area contributed by atoms with Crippen molar-refractivity contribution < 1.29 is 27.6 Å². The van der Waals surface area contributed by atoms with Gasteiger partial charge in [-0.05, 0) is 86.1 Å². The van der Waals surface area contributed by atoms with Gasteiger partial charge in [-0.1, -0.05) is 45.4 Å². The van der Waals surface area contributed by atoms with E-state index in [4.69, 9.17) is 0 Å². The number of aryl methyl sites for hydroxylation is 1. The highest BCUT2D eigenvalue weighted by Gasteiger charge is 2.39. The maximum absolute atomic E-state index is 13.4. The molecule has 0 spiro atoms. The second-order valence-electron chi connectivity index (χ2n) is 14.4. The minimum atomic E-state index is -3.53. The predicted octanol–water partition coefficient (Wildman–Crippen LogP) is 4.28. The zero-order chi connectivity index (χ0) is 36.4. The summed E-state index contributed by atoms with van der Waals surface area (Å²) >= 11 is 0. The first-order valence-electron chi connectivity index (χ1n) is 17.5. The maximum Gasteiger partial charge on any atom is 0.249 e. The molecule has 2 saturated heterocycles. The van der Waals surface area contributed by atoms with E-state index in [1.807, 2.05) is 62.2 Å². The van der Waals surface area contributed by atoms with Crippen molar-refractivity contribution in [1.82, 2.24) is 19.6 Å². The molecule has 0 aliphatic carbocycles. The summed E-state index contributed by atoms with van der Waals surface area (Å²) in [6, 6.07) is 12.1. The minimum Gasteiger partial charge on any atom is -0.324 e. The van der Waals surface area contributed by atoms with Crippen molar-refractivity contribution in [3.05, 3.63) is 65.4 Å². The molecule has 3 aliphatic rings. The molecule has 2 aromatic carbocycles. The van der Waals surface area contributed by atoms with Crippen LogP contribution in [0.2, 0.25) is 0 Å². The molecule has 12 nitrogen and oxygen atoms in total. The van der Waals surface area contributed by atoms with Crippen LogP contribution < -0.4 is 15.5 Å². The number of amides is 4. The van der Waals surface area contributed by atoms with Gasteiger partial charge in [0, 0.05) is 55.6 Å². The van der Waals surface area contributed by atoms with E-state index in [1.165, 1.54) is 0 Å². The SMILES string of the molecule is CCc1cc(C2=CN(CC(=O)Nc3cccc(CS(=O)(=O)N4CCCCC4(C)C)c3)N(C)C2)ccc1N(C(=O)C(C)C)C1CCC(=O)NC1=O. The Morgan fingerprint density at radius 3 is 2.54 bits per heavy atom. The van der Waals surface area contributed by atoms with Crippen LogP contribution in [0.1, 0.15) is 83.4 Å². The molecule has 1 atom stereocenters. The van der Waals surface area contributed by atoms with E-state index in [0.717, 1.165) is 36.0 Å². The van der Waals surface area contributed by atoms with E-state index < -0.39 is 27.5 Å². The van der Waals surface area contributed by atoms with E-state index in [1.54, 1.807) is 47.3 Å². The van der Waals surface area contributed by atoms with E-state index in [0.29, 0.717) is 36.4 Å². The number of sulfonamides is 1. The van der Waals surface area contributed by atoms with Crippen LogP contribution in [0.15, 0.2) is 48.7 Å². The Morgan fingerprint density at radius 2 is 1.86 bits per heavy atom. The predicted molar refractivity (Wildman–Crippen MR) is 194 cm³/mol. The second-order valence-corrected chi connectivity index (χ2v) is 16.3. The summed E-state index contributed by atoms with van der Waals surface area (Å²) in [5.41, 5.74) is 4.20. The number of hydrazine groups is 1. The number of anilines is 2. The molecule has 13 heteroatoms. The Balaban J connectivity index is 1.28. The van der Waals surface area contributed by atoms with Gasteiger partial charge < -0.3 is 10.3 Å². The van der Waals surface area contributed by atoms with Gasteiger partial charge in [0.15, 0.2) is 0 Å². The molecule has 0 saturated carbocycles. The summed E-state index contributed by atoms with van der Waals surface area (Å²) in [6.07, 6.45) is 5.68. The Morgan fingerprint density at radius 1 is 1.10 bits per heavy atom. The van der Waals surface area contributed by atoms with Crippen LogP contribution in [0, 0.1) is 5.92 Å². The number of hydrogen-bond acceptors (Lipinski definition) is 8. The van der Waals surface area contributed by atoms with Crippen molar-refractivity contribution >= 4 is 50.6 Å². The Kier molecular flexibility index (Phi) is 11.2. The molecule has 2 aromatic rings. The quantitative estimate of drug-likeness (QED) is 0.331. The Bertz CT molecular complexity index is 1790. The average Bonchev–Trinajstić information content (AvgIpc) is 3.40. The van der Waals surface area contributed by atoms with Crippen LogP contribution in [0.3, 0.4) is 0 Å². The van der Waals surface area contributed by atoms with E-state index >= 15 is 0 Å². The van der Waals surface area contributed by atoms with Crippen LogP contribution >= 0.6 is 0 Å². The van der Waals surface area contributed by atoms with Gasteiger partial charge in [-0.2, -0.15) is 4.31 Å². The number of carbonyl (C=O) groups excluding carboxylic acids is 4. The first-order chi connectivity index (χ1) is 23.6. The maximum atomic E-state index is 13.4. The highest BCUT2D eigenvalue weighted by Crippen LogP contribution is 2.33. The fourth-order valence-electron chi connectivity index (χ4n) is 7.07.